The smallest absolute Gasteiger partial charge is 0.324 e. The van der Waals surface area contributed by atoms with Gasteiger partial charge in [0.1, 0.15) is 5.82 Å². The van der Waals surface area contributed by atoms with Crippen LogP contribution < -0.4 is 4.90 Å². The summed E-state index contributed by atoms with van der Waals surface area (Å²) < 4.78 is 21.3. The molecule has 0 saturated carbocycles. The minimum atomic E-state index is -0.371. The third kappa shape index (κ3) is 3.14. The number of likely N-dealkylation sites (tertiary alicyclic amines) is 1. The molecule has 2 aromatic heterocycles. The van der Waals surface area contributed by atoms with Crippen molar-refractivity contribution < 1.29 is 13.7 Å². The van der Waals surface area contributed by atoms with Crippen LogP contribution in [0.15, 0.2) is 29.0 Å². The van der Waals surface area contributed by atoms with E-state index in [9.17, 15) is 9.18 Å². The van der Waals surface area contributed by atoms with Gasteiger partial charge in [0.25, 0.3) is 0 Å². The molecule has 8 nitrogen and oxygen atoms in total. The lowest BCUT2D eigenvalue weighted by Gasteiger charge is -2.33. The molecular formula is C21H23FN6O2. The maximum absolute atomic E-state index is 14.0. The maximum atomic E-state index is 14.0. The van der Waals surface area contributed by atoms with Crippen molar-refractivity contribution in [2.45, 2.75) is 45.6 Å². The molecule has 3 aromatic rings. The number of rotatable bonds is 3. The van der Waals surface area contributed by atoms with Gasteiger partial charge >= 0.3 is 6.03 Å². The summed E-state index contributed by atoms with van der Waals surface area (Å²) in [4.78, 5) is 25.7. The first-order valence-corrected chi connectivity index (χ1v) is 10.2. The topological polar surface area (TPSA) is 80.3 Å². The van der Waals surface area contributed by atoms with Crippen LogP contribution in [0, 0.1) is 5.82 Å². The van der Waals surface area contributed by atoms with Crippen molar-refractivity contribution in [3.8, 4) is 5.69 Å². The quantitative estimate of drug-likeness (QED) is 0.659. The van der Waals surface area contributed by atoms with Crippen LogP contribution in [-0.4, -0.2) is 43.7 Å². The predicted molar refractivity (Wildman–Crippen MR) is 107 cm³/mol. The number of halogens is 1. The fourth-order valence-corrected chi connectivity index (χ4v) is 4.05. The number of anilines is 1. The molecule has 0 aliphatic carbocycles. The first-order valence-electron chi connectivity index (χ1n) is 10.2. The van der Waals surface area contributed by atoms with Crippen LogP contribution in [-0.2, 0) is 13.0 Å². The molecule has 30 heavy (non-hydrogen) atoms. The standard InChI is InChI=1S/C21H23FN6O2/c1-13(2)20-24-19(30-25-20)10-15-18-11-27(21(29)26-7-3-4-8-26)17-9-14(22)5-6-16(17)28(18)12-23-15/h5-6,9,12-13H,3-4,7-8,10-11H2,1-2H3. The number of urea groups is 1. The van der Waals surface area contributed by atoms with Gasteiger partial charge in [-0.25, -0.2) is 14.2 Å². The molecule has 4 heterocycles. The highest BCUT2D eigenvalue weighted by molar-refractivity contribution is 5.95. The lowest BCUT2D eigenvalue weighted by molar-refractivity contribution is 0.214. The zero-order valence-electron chi connectivity index (χ0n) is 17.0. The molecule has 1 aromatic carbocycles. The lowest BCUT2D eigenvalue weighted by Crippen LogP contribution is -2.44. The molecule has 1 saturated heterocycles. The molecule has 2 aliphatic rings. The summed E-state index contributed by atoms with van der Waals surface area (Å²) in [5, 5.41) is 4.02. The highest BCUT2D eigenvalue weighted by atomic mass is 19.1. The fourth-order valence-electron chi connectivity index (χ4n) is 4.05. The van der Waals surface area contributed by atoms with E-state index >= 15 is 0 Å². The fraction of sp³-hybridized carbons (Fsp3) is 0.429. The first kappa shape index (κ1) is 18.8. The first-order chi connectivity index (χ1) is 14.5. The second-order valence-electron chi connectivity index (χ2n) is 8.08. The van der Waals surface area contributed by atoms with Crippen LogP contribution in [0.5, 0.6) is 0 Å². The minimum Gasteiger partial charge on any atom is -0.339 e. The Balaban J connectivity index is 1.52. The molecular weight excluding hydrogens is 387 g/mol. The summed E-state index contributed by atoms with van der Waals surface area (Å²) >= 11 is 0. The summed E-state index contributed by atoms with van der Waals surface area (Å²) in [6.07, 6.45) is 4.07. The molecule has 0 bridgehead atoms. The number of nitrogens with zero attached hydrogens (tertiary/aromatic N) is 6. The van der Waals surface area contributed by atoms with E-state index in [1.165, 1.54) is 12.1 Å². The van der Waals surface area contributed by atoms with Crippen LogP contribution >= 0.6 is 0 Å². The average molecular weight is 410 g/mol. The minimum absolute atomic E-state index is 0.0994. The summed E-state index contributed by atoms with van der Waals surface area (Å²) in [6, 6.07) is 4.41. The molecule has 5 rings (SSSR count). The lowest BCUT2D eigenvalue weighted by atomic mass is 10.1. The van der Waals surface area contributed by atoms with E-state index in [4.69, 9.17) is 4.52 Å². The van der Waals surface area contributed by atoms with Gasteiger partial charge in [-0.3, -0.25) is 9.47 Å². The summed E-state index contributed by atoms with van der Waals surface area (Å²) in [5.74, 6) is 0.949. The number of carbonyl (C=O) groups excluding carboxylic acids is 1. The molecule has 0 radical (unpaired) electrons. The van der Waals surface area contributed by atoms with E-state index in [-0.39, 0.29) is 17.8 Å². The summed E-state index contributed by atoms with van der Waals surface area (Å²) in [7, 11) is 0. The van der Waals surface area contributed by atoms with Gasteiger partial charge in [-0.1, -0.05) is 19.0 Å². The van der Waals surface area contributed by atoms with Crippen molar-refractivity contribution in [3.05, 3.63) is 53.4 Å². The van der Waals surface area contributed by atoms with Crippen LogP contribution in [0.25, 0.3) is 5.69 Å². The Hall–Kier alpha value is -3.23. The predicted octanol–water partition coefficient (Wildman–Crippen LogP) is 3.64. The number of hydrogen-bond donors (Lipinski definition) is 0. The number of amides is 2. The van der Waals surface area contributed by atoms with Crippen molar-refractivity contribution in [3.63, 3.8) is 0 Å². The Kier molecular flexibility index (Phi) is 4.52. The molecule has 9 heteroatoms. The van der Waals surface area contributed by atoms with E-state index in [1.54, 1.807) is 17.3 Å². The highest BCUT2D eigenvalue weighted by Gasteiger charge is 2.33. The maximum Gasteiger partial charge on any atom is 0.324 e. The van der Waals surface area contributed by atoms with Gasteiger partial charge in [0.05, 0.1) is 42.1 Å². The molecule has 156 valence electrons. The average Bonchev–Trinajstić information content (AvgIpc) is 3.48. The molecule has 0 spiro atoms. The van der Waals surface area contributed by atoms with E-state index in [0.717, 1.165) is 43.0 Å². The number of imidazole rings is 1. The van der Waals surface area contributed by atoms with E-state index in [0.29, 0.717) is 30.4 Å². The Labute approximate surface area is 173 Å². The third-order valence-corrected chi connectivity index (χ3v) is 5.67. The number of benzene rings is 1. The molecule has 2 amide bonds. The normalized spacial score (nSPS) is 15.6. The second kappa shape index (κ2) is 7.23. The van der Waals surface area contributed by atoms with Gasteiger partial charge in [0.2, 0.25) is 5.89 Å². The zero-order valence-corrected chi connectivity index (χ0v) is 17.0. The number of carbonyl (C=O) groups is 1. The number of aromatic nitrogens is 4. The Morgan fingerprint density at radius 2 is 2.03 bits per heavy atom. The summed E-state index contributed by atoms with van der Waals surface area (Å²) in [5.41, 5.74) is 2.93. The van der Waals surface area contributed by atoms with Gasteiger partial charge in [-0.05, 0) is 31.0 Å². The third-order valence-electron chi connectivity index (χ3n) is 5.67. The van der Waals surface area contributed by atoms with Crippen molar-refractivity contribution >= 4 is 11.7 Å². The van der Waals surface area contributed by atoms with Crippen molar-refractivity contribution in [2.75, 3.05) is 18.0 Å². The van der Waals surface area contributed by atoms with Crippen molar-refractivity contribution in [1.29, 1.82) is 0 Å². The van der Waals surface area contributed by atoms with Crippen molar-refractivity contribution in [2.24, 2.45) is 0 Å². The van der Waals surface area contributed by atoms with Gasteiger partial charge in [-0.2, -0.15) is 4.98 Å². The number of fused-ring (bicyclic) bond motifs is 3. The second-order valence-corrected chi connectivity index (χ2v) is 8.08. The van der Waals surface area contributed by atoms with E-state index in [1.807, 2.05) is 23.3 Å². The van der Waals surface area contributed by atoms with E-state index in [2.05, 4.69) is 15.1 Å². The zero-order chi connectivity index (χ0) is 20.8. The van der Waals surface area contributed by atoms with Crippen LogP contribution in [0.1, 0.15) is 55.7 Å². The monoisotopic (exact) mass is 410 g/mol. The van der Waals surface area contributed by atoms with Gasteiger partial charge in [-0.15, -0.1) is 0 Å². The van der Waals surface area contributed by atoms with Gasteiger partial charge in [0, 0.05) is 19.0 Å². The molecule has 0 unspecified atom stereocenters. The Bertz CT molecular complexity index is 1100. The largest absolute Gasteiger partial charge is 0.339 e. The van der Waals surface area contributed by atoms with Crippen molar-refractivity contribution in [1.82, 2.24) is 24.6 Å². The molecule has 1 fully saturated rings. The van der Waals surface area contributed by atoms with Crippen LogP contribution in [0.2, 0.25) is 0 Å². The number of hydrogen-bond acceptors (Lipinski definition) is 5. The van der Waals surface area contributed by atoms with Gasteiger partial charge < -0.3 is 9.42 Å². The van der Waals surface area contributed by atoms with E-state index < -0.39 is 0 Å². The molecule has 0 N–H and O–H groups in total. The van der Waals surface area contributed by atoms with Gasteiger partial charge in [0.15, 0.2) is 5.82 Å². The summed E-state index contributed by atoms with van der Waals surface area (Å²) in [6.45, 7) is 5.78. The highest BCUT2D eigenvalue weighted by Crippen LogP contribution is 2.35. The molecule has 0 atom stereocenters. The van der Waals surface area contributed by atoms with Crippen LogP contribution in [0.3, 0.4) is 0 Å². The Morgan fingerprint density at radius 3 is 2.77 bits per heavy atom. The molecule has 2 aliphatic heterocycles. The Morgan fingerprint density at radius 1 is 1.23 bits per heavy atom. The SMILES string of the molecule is CC(C)c1noc(Cc2ncn3c2CN(C(=O)N2CCCC2)c2cc(F)ccc2-3)n1. The van der Waals surface area contributed by atoms with Crippen LogP contribution in [0.4, 0.5) is 14.9 Å².